The maximum atomic E-state index is 4.15. The van der Waals surface area contributed by atoms with Gasteiger partial charge in [-0.05, 0) is 45.7 Å². The molecule has 0 aliphatic heterocycles. The minimum Gasteiger partial charge on any atom is -0.366 e. The SMILES string of the molecule is CC(C)Nc1ncc(Br)nc1Br. The summed E-state index contributed by atoms with van der Waals surface area (Å²) in [6.45, 7) is 4.10. The predicted molar refractivity (Wildman–Crippen MR) is 56.2 cm³/mol. The van der Waals surface area contributed by atoms with Crippen molar-refractivity contribution < 1.29 is 0 Å². The van der Waals surface area contributed by atoms with Crippen molar-refractivity contribution in [3.8, 4) is 0 Å². The summed E-state index contributed by atoms with van der Waals surface area (Å²) in [5, 5.41) is 3.16. The zero-order valence-corrected chi connectivity index (χ0v) is 9.98. The summed E-state index contributed by atoms with van der Waals surface area (Å²) in [6, 6.07) is 0.358. The third-order valence-electron chi connectivity index (χ3n) is 1.13. The summed E-state index contributed by atoms with van der Waals surface area (Å²) in [4.78, 5) is 8.29. The number of hydrogen-bond acceptors (Lipinski definition) is 3. The van der Waals surface area contributed by atoms with E-state index >= 15 is 0 Å². The minimum atomic E-state index is 0.358. The van der Waals surface area contributed by atoms with Crippen LogP contribution in [0.15, 0.2) is 15.4 Å². The lowest BCUT2D eigenvalue weighted by molar-refractivity contribution is 0.881. The number of anilines is 1. The van der Waals surface area contributed by atoms with E-state index in [0.717, 1.165) is 15.0 Å². The highest BCUT2D eigenvalue weighted by atomic mass is 79.9. The molecule has 1 aromatic rings. The number of rotatable bonds is 2. The molecule has 0 fully saturated rings. The van der Waals surface area contributed by atoms with Crippen LogP contribution < -0.4 is 5.32 Å². The minimum absolute atomic E-state index is 0.358. The van der Waals surface area contributed by atoms with Gasteiger partial charge in [0, 0.05) is 6.04 Å². The first-order valence-electron chi connectivity index (χ1n) is 3.54. The highest BCUT2D eigenvalue weighted by molar-refractivity contribution is 9.11. The van der Waals surface area contributed by atoms with Crippen molar-refractivity contribution in [2.24, 2.45) is 0 Å². The van der Waals surface area contributed by atoms with Crippen molar-refractivity contribution in [1.82, 2.24) is 9.97 Å². The lowest BCUT2D eigenvalue weighted by Gasteiger charge is -2.09. The molecule has 1 rings (SSSR count). The van der Waals surface area contributed by atoms with Crippen molar-refractivity contribution in [3.63, 3.8) is 0 Å². The van der Waals surface area contributed by atoms with Gasteiger partial charge in [0.2, 0.25) is 0 Å². The van der Waals surface area contributed by atoms with Crippen molar-refractivity contribution in [3.05, 3.63) is 15.4 Å². The first-order valence-corrected chi connectivity index (χ1v) is 5.13. The van der Waals surface area contributed by atoms with Crippen LogP contribution in [0, 0.1) is 0 Å². The zero-order valence-electron chi connectivity index (χ0n) is 6.81. The number of hydrogen-bond donors (Lipinski definition) is 1. The van der Waals surface area contributed by atoms with Crippen LogP contribution >= 0.6 is 31.9 Å². The van der Waals surface area contributed by atoms with E-state index in [1.165, 1.54) is 0 Å². The Kier molecular flexibility index (Phi) is 3.46. The molecular weight excluding hydrogens is 286 g/mol. The molecule has 0 spiro atoms. The highest BCUT2D eigenvalue weighted by Gasteiger charge is 2.03. The van der Waals surface area contributed by atoms with Gasteiger partial charge in [0.25, 0.3) is 0 Å². The Balaban J connectivity index is 2.86. The summed E-state index contributed by atoms with van der Waals surface area (Å²) in [7, 11) is 0. The molecule has 1 aromatic heterocycles. The van der Waals surface area contributed by atoms with Crippen molar-refractivity contribution in [2.75, 3.05) is 5.32 Å². The quantitative estimate of drug-likeness (QED) is 0.911. The predicted octanol–water partition coefficient (Wildman–Crippen LogP) is 2.82. The highest BCUT2D eigenvalue weighted by Crippen LogP contribution is 2.19. The second-order valence-electron chi connectivity index (χ2n) is 2.63. The molecule has 0 radical (unpaired) electrons. The van der Waals surface area contributed by atoms with Gasteiger partial charge in [0.05, 0.1) is 6.20 Å². The van der Waals surface area contributed by atoms with E-state index in [1.54, 1.807) is 6.20 Å². The number of aromatic nitrogens is 2. The van der Waals surface area contributed by atoms with Crippen LogP contribution in [0.4, 0.5) is 5.82 Å². The molecule has 1 N–H and O–H groups in total. The molecule has 0 unspecified atom stereocenters. The summed E-state index contributed by atoms with van der Waals surface area (Å²) < 4.78 is 1.45. The third kappa shape index (κ3) is 2.71. The van der Waals surface area contributed by atoms with Gasteiger partial charge in [-0.15, -0.1) is 0 Å². The van der Waals surface area contributed by atoms with Crippen LogP contribution in [0.2, 0.25) is 0 Å². The summed E-state index contributed by atoms with van der Waals surface area (Å²) >= 11 is 6.54. The van der Waals surface area contributed by atoms with E-state index < -0.39 is 0 Å². The summed E-state index contributed by atoms with van der Waals surface area (Å²) in [5.41, 5.74) is 0. The molecule has 66 valence electrons. The fourth-order valence-corrected chi connectivity index (χ4v) is 1.64. The molecule has 0 bridgehead atoms. The first-order chi connectivity index (χ1) is 5.59. The Morgan fingerprint density at radius 2 is 2.08 bits per heavy atom. The van der Waals surface area contributed by atoms with Crippen molar-refractivity contribution >= 4 is 37.7 Å². The molecular formula is C7H9Br2N3. The number of halogens is 2. The Hall–Kier alpha value is -0.160. The molecule has 0 amide bonds. The van der Waals surface area contributed by atoms with E-state index in [9.17, 15) is 0 Å². The molecule has 0 atom stereocenters. The Bertz CT molecular complexity index is 275. The van der Waals surface area contributed by atoms with E-state index in [1.807, 2.05) is 0 Å². The molecule has 5 heteroatoms. The van der Waals surface area contributed by atoms with Gasteiger partial charge in [-0.2, -0.15) is 0 Å². The molecule has 12 heavy (non-hydrogen) atoms. The molecule has 0 aliphatic rings. The standard InChI is InChI=1S/C7H9Br2N3/c1-4(2)11-7-6(9)12-5(8)3-10-7/h3-4H,1-2H3,(H,10,11). The monoisotopic (exact) mass is 293 g/mol. The number of nitrogens with one attached hydrogen (secondary N) is 1. The van der Waals surface area contributed by atoms with Gasteiger partial charge in [-0.1, -0.05) is 0 Å². The second-order valence-corrected chi connectivity index (χ2v) is 4.19. The smallest absolute Gasteiger partial charge is 0.159 e. The molecule has 0 aromatic carbocycles. The van der Waals surface area contributed by atoms with Gasteiger partial charge >= 0.3 is 0 Å². The average Bonchev–Trinajstić information content (AvgIpc) is 1.94. The van der Waals surface area contributed by atoms with E-state index in [4.69, 9.17) is 0 Å². The maximum absolute atomic E-state index is 4.15. The van der Waals surface area contributed by atoms with Crippen LogP contribution in [0.1, 0.15) is 13.8 Å². The largest absolute Gasteiger partial charge is 0.366 e. The van der Waals surface area contributed by atoms with E-state index in [0.29, 0.717) is 6.04 Å². The fraction of sp³-hybridized carbons (Fsp3) is 0.429. The third-order valence-corrected chi connectivity index (χ3v) is 2.06. The molecule has 0 saturated carbocycles. The molecule has 0 aliphatic carbocycles. The van der Waals surface area contributed by atoms with Crippen LogP contribution in [0.5, 0.6) is 0 Å². The molecule has 0 saturated heterocycles. The maximum Gasteiger partial charge on any atom is 0.159 e. The van der Waals surface area contributed by atoms with Gasteiger partial charge in [-0.3, -0.25) is 0 Å². The van der Waals surface area contributed by atoms with Gasteiger partial charge in [0.1, 0.15) is 9.21 Å². The second kappa shape index (κ2) is 4.18. The first kappa shape index (κ1) is 9.92. The Morgan fingerprint density at radius 1 is 1.42 bits per heavy atom. The van der Waals surface area contributed by atoms with Gasteiger partial charge < -0.3 is 5.32 Å². The van der Waals surface area contributed by atoms with Crippen LogP contribution in [-0.2, 0) is 0 Å². The summed E-state index contributed by atoms with van der Waals surface area (Å²) in [6.07, 6.45) is 1.66. The van der Waals surface area contributed by atoms with Gasteiger partial charge in [0.15, 0.2) is 5.82 Å². The van der Waals surface area contributed by atoms with Gasteiger partial charge in [-0.25, -0.2) is 9.97 Å². The Labute approximate surface area is 88.3 Å². The van der Waals surface area contributed by atoms with Crippen LogP contribution in [-0.4, -0.2) is 16.0 Å². The van der Waals surface area contributed by atoms with Crippen LogP contribution in [0.3, 0.4) is 0 Å². The lowest BCUT2D eigenvalue weighted by Crippen LogP contribution is -2.11. The lowest BCUT2D eigenvalue weighted by atomic mass is 10.4. The van der Waals surface area contributed by atoms with Crippen molar-refractivity contribution in [1.29, 1.82) is 0 Å². The van der Waals surface area contributed by atoms with Crippen molar-refractivity contribution in [2.45, 2.75) is 19.9 Å². The number of nitrogens with zero attached hydrogens (tertiary/aromatic N) is 2. The summed E-state index contributed by atoms with van der Waals surface area (Å²) in [5.74, 6) is 0.771. The molecule has 3 nitrogen and oxygen atoms in total. The van der Waals surface area contributed by atoms with E-state index in [-0.39, 0.29) is 0 Å². The van der Waals surface area contributed by atoms with E-state index in [2.05, 4.69) is 61.0 Å². The molecule has 1 heterocycles. The Morgan fingerprint density at radius 3 is 2.58 bits per heavy atom. The normalized spacial score (nSPS) is 10.4. The van der Waals surface area contributed by atoms with Crippen LogP contribution in [0.25, 0.3) is 0 Å². The topological polar surface area (TPSA) is 37.8 Å². The zero-order chi connectivity index (χ0) is 9.14. The fourth-order valence-electron chi connectivity index (χ4n) is 0.717. The average molecular weight is 295 g/mol.